The Morgan fingerprint density at radius 3 is 2.35 bits per heavy atom. The Hall–Kier alpha value is -1.22. The average molecular weight is 277 g/mol. The Labute approximate surface area is 122 Å². The molecule has 1 aromatic carbocycles. The molecule has 3 N–H and O–H groups in total. The Bertz CT molecular complexity index is 425. The van der Waals surface area contributed by atoms with Crippen molar-refractivity contribution in [3.05, 3.63) is 23.8 Å². The van der Waals surface area contributed by atoms with Crippen LogP contribution in [0.1, 0.15) is 64.0 Å². The van der Waals surface area contributed by atoms with E-state index < -0.39 is 0 Å². The van der Waals surface area contributed by atoms with E-state index in [1.54, 1.807) is 12.1 Å². The lowest BCUT2D eigenvalue weighted by Gasteiger charge is -2.27. The van der Waals surface area contributed by atoms with Gasteiger partial charge in [-0.1, -0.05) is 25.7 Å². The summed E-state index contributed by atoms with van der Waals surface area (Å²) in [4.78, 5) is 0. The molecule has 0 heterocycles. The van der Waals surface area contributed by atoms with E-state index in [1.807, 2.05) is 6.92 Å². The van der Waals surface area contributed by atoms with Crippen molar-refractivity contribution in [3.63, 3.8) is 0 Å². The minimum atomic E-state index is 0.0420. The molecule has 2 atom stereocenters. The lowest BCUT2D eigenvalue weighted by Crippen LogP contribution is -2.35. The van der Waals surface area contributed by atoms with Crippen molar-refractivity contribution in [1.82, 2.24) is 5.32 Å². The summed E-state index contributed by atoms with van der Waals surface area (Å²) < 4.78 is 0. The summed E-state index contributed by atoms with van der Waals surface area (Å²) in [6.07, 6.45) is 8.00. The molecule has 0 aromatic heterocycles. The Morgan fingerprint density at radius 1 is 1.05 bits per heavy atom. The zero-order chi connectivity index (χ0) is 14.5. The minimum Gasteiger partial charge on any atom is -0.508 e. The zero-order valence-electron chi connectivity index (χ0n) is 12.6. The summed E-state index contributed by atoms with van der Waals surface area (Å²) in [5.74, 6) is 1.17. The van der Waals surface area contributed by atoms with Gasteiger partial charge in [-0.15, -0.1) is 0 Å². The maximum absolute atomic E-state index is 9.92. The predicted molar refractivity (Wildman–Crippen MR) is 82.0 cm³/mol. The summed E-state index contributed by atoms with van der Waals surface area (Å²) in [5.41, 5.74) is 0.769. The summed E-state index contributed by atoms with van der Waals surface area (Å²) >= 11 is 0. The van der Waals surface area contributed by atoms with E-state index in [2.05, 4.69) is 12.2 Å². The molecular formula is C17H27NO2. The fourth-order valence-corrected chi connectivity index (χ4v) is 3.32. The van der Waals surface area contributed by atoms with Crippen LogP contribution in [0.3, 0.4) is 0 Å². The molecule has 112 valence electrons. The number of nitrogens with one attached hydrogen (secondary N) is 1. The molecule has 3 heteroatoms. The average Bonchev–Trinajstić information content (AvgIpc) is 2.70. The first-order valence-corrected chi connectivity index (χ1v) is 7.86. The third-order valence-electron chi connectivity index (χ3n) is 4.60. The monoisotopic (exact) mass is 277 g/mol. The first kappa shape index (κ1) is 15.2. The summed E-state index contributed by atoms with van der Waals surface area (Å²) in [6.45, 7) is 4.29. The standard InChI is InChI=1S/C17H27NO2/c1-12(14-7-5-3-4-6-8-14)18-13(2)16-11-15(19)9-10-17(16)20/h9-14,18-20H,3-8H2,1-2H3/t12-,13?/m1/s1. The fourth-order valence-electron chi connectivity index (χ4n) is 3.32. The third kappa shape index (κ3) is 3.89. The van der Waals surface area contributed by atoms with Crippen LogP contribution in [-0.2, 0) is 0 Å². The van der Waals surface area contributed by atoms with Crippen LogP contribution in [0.25, 0.3) is 0 Å². The Kier molecular flexibility index (Phi) is 5.30. The van der Waals surface area contributed by atoms with Gasteiger partial charge in [0.05, 0.1) is 0 Å². The number of rotatable bonds is 4. The number of phenols is 2. The predicted octanol–water partition coefficient (Wildman–Crippen LogP) is 4.11. The van der Waals surface area contributed by atoms with E-state index in [-0.39, 0.29) is 17.5 Å². The van der Waals surface area contributed by atoms with Crippen LogP contribution >= 0.6 is 0 Å². The molecule has 0 radical (unpaired) electrons. The van der Waals surface area contributed by atoms with Gasteiger partial charge in [0.15, 0.2) is 0 Å². The molecule has 1 fully saturated rings. The van der Waals surface area contributed by atoms with Crippen LogP contribution in [0.5, 0.6) is 11.5 Å². The molecule has 1 aliphatic rings. The van der Waals surface area contributed by atoms with Crippen LogP contribution in [0.4, 0.5) is 0 Å². The first-order valence-electron chi connectivity index (χ1n) is 7.86. The van der Waals surface area contributed by atoms with Gasteiger partial charge >= 0.3 is 0 Å². The molecule has 0 bridgehead atoms. The maximum atomic E-state index is 9.92. The first-order chi connectivity index (χ1) is 9.58. The lowest BCUT2D eigenvalue weighted by atomic mass is 9.92. The van der Waals surface area contributed by atoms with Crippen LogP contribution in [0.15, 0.2) is 18.2 Å². The molecular weight excluding hydrogens is 250 g/mol. The summed E-state index contributed by atoms with van der Waals surface area (Å²) in [6, 6.07) is 5.19. The number of hydrogen-bond donors (Lipinski definition) is 3. The normalized spacial score (nSPS) is 20.3. The molecule has 20 heavy (non-hydrogen) atoms. The van der Waals surface area contributed by atoms with Gasteiger partial charge in [0.2, 0.25) is 0 Å². The third-order valence-corrected chi connectivity index (χ3v) is 4.60. The number of phenolic OH excluding ortho intramolecular Hbond substituents is 2. The summed E-state index contributed by atoms with van der Waals surface area (Å²) in [5, 5.41) is 23.1. The number of aromatic hydroxyl groups is 2. The number of benzene rings is 1. The van der Waals surface area contributed by atoms with Crippen LogP contribution < -0.4 is 5.32 Å². The second kappa shape index (κ2) is 6.98. The Morgan fingerprint density at radius 2 is 1.70 bits per heavy atom. The molecule has 1 aliphatic carbocycles. The smallest absolute Gasteiger partial charge is 0.120 e. The highest BCUT2D eigenvalue weighted by Crippen LogP contribution is 2.30. The molecule has 0 amide bonds. The van der Waals surface area contributed by atoms with Gasteiger partial charge in [0.25, 0.3) is 0 Å². The fraction of sp³-hybridized carbons (Fsp3) is 0.647. The van der Waals surface area contributed by atoms with Crippen LogP contribution in [0.2, 0.25) is 0 Å². The van der Waals surface area contributed by atoms with Crippen LogP contribution in [-0.4, -0.2) is 16.3 Å². The molecule has 3 nitrogen and oxygen atoms in total. The molecule has 1 unspecified atom stereocenters. The Balaban J connectivity index is 1.99. The van der Waals surface area contributed by atoms with E-state index in [4.69, 9.17) is 0 Å². The van der Waals surface area contributed by atoms with E-state index in [0.717, 1.165) is 11.5 Å². The summed E-state index contributed by atoms with van der Waals surface area (Å²) in [7, 11) is 0. The lowest BCUT2D eigenvalue weighted by molar-refractivity contribution is 0.313. The van der Waals surface area contributed by atoms with Gasteiger partial charge in [0.1, 0.15) is 11.5 Å². The van der Waals surface area contributed by atoms with E-state index in [1.165, 1.54) is 44.6 Å². The topological polar surface area (TPSA) is 52.5 Å². The quantitative estimate of drug-likeness (QED) is 0.573. The maximum Gasteiger partial charge on any atom is 0.120 e. The minimum absolute atomic E-state index is 0.0420. The van der Waals surface area contributed by atoms with Crippen LogP contribution in [0, 0.1) is 5.92 Å². The van der Waals surface area contributed by atoms with Gasteiger partial charge < -0.3 is 15.5 Å². The van der Waals surface area contributed by atoms with Crippen molar-refractivity contribution in [3.8, 4) is 11.5 Å². The van der Waals surface area contributed by atoms with Gasteiger partial charge in [-0.2, -0.15) is 0 Å². The zero-order valence-corrected chi connectivity index (χ0v) is 12.6. The molecule has 1 saturated carbocycles. The SMILES string of the molecule is CC(N[C@H](C)C1CCCCCC1)c1cc(O)ccc1O. The van der Waals surface area contributed by atoms with E-state index >= 15 is 0 Å². The van der Waals surface area contributed by atoms with Crippen molar-refractivity contribution in [1.29, 1.82) is 0 Å². The van der Waals surface area contributed by atoms with Crippen molar-refractivity contribution in [2.24, 2.45) is 5.92 Å². The van der Waals surface area contributed by atoms with Gasteiger partial charge in [-0.25, -0.2) is 0 Å². The van der Waals surface area contributed by atoms with Gasteiger partial charge in [0, 0.05) is 17.6 Å². The largest absolute Gasteiger partial charge is 0.508 e. The van der Waals surface area contributed by atoms with E-state index in [0.29, 0.717) is 6.04 Å². The van der Waals surface area contributed by atoms with Gasteiger partial charge in [-0.05, 0) is 50.8 Å². The second-order valence-corrected chi connectivity index (χ2v) is 6.17. The molecule has 0 saturated heterocycles. The molecule has 0 spiro atoms. The van der Waals surface area contributed by atoms with Crippen molar-refractivity contribution >= 4 is 0 Å². The highest BCUT2D eigenvalue weighted by Gasteiger charge is 2.21. The van der Waals surface area contributed by atoms with Crippen molar-refractivity contribution in [2.45, 2.75) is 64.5 Å². The molecule has 1 aromatic rings. The molecule has 2 rings (SSSR count). The second-order valence-electron chi connectivity index (χ2n) is 6.17. The van der Waals surface area contributed by atoms with E-state index in [9.17, 15) is 10.2 Å². The van der Waals surface area contributed by atoms with Gasteiger partial charge in [-0.3, -0.25) is 0 Å². The van der Waals surface area contributed by atoms with Crippen molar-refractivity contribution in [2.75, 3.05) is 0 Å². The highest BCUT2D eigenvalue weighted by molar-refractivity contribution is 5.40. The van der Waals surface area contributed by atoms with Crippen molar-refractivity contribution < 1.29 is 10.2 Å². The number of hydrogen-bond acceptors (Lipinski definition) is 3. The molecule has 0 aliphatic heterocycles. The highest BCUT2D eigenvalue weighted by atomic mass is 16.3.